The van der Waals surface area contributed by atoms with Crippen molar-refractivity contribution in [1.82, 2.24) is 9.97 Å². The third-order valence-electron chi connectivity index (χ3n) is 4.72. The molecule has 2 aliphatic rings. The fourth-order valence-electron chi connectivity index (χ4n) is 3.02. The van der Waals surface area contributed by atoms with Crippen LogP contribution in [0.25, 0.3) is 0 Å². The van der Waals surface area contributed by atoms with Gasteiger partial charge < -0.3 is 10.2 Å². The maximum absolute atomic E-state index is 4.85. The number of nitrogens with one attached hydrogen (secondary N) is 1. The fraction of sp³-hybridized carbons (Fsp3) is 0.765. The molecular formula is C17H28N4. The molecule has 1 unspecified atom stereocenters. The summed E-state index contributed by atoms with van der Waals surface area (Å²) in [5.74, 6) is 5.37. The molecule has 3 rings (SSSR count). The van der Waals surface area contributed by atoms with Gasteiger partial charge in [-0.3, -0.25) is 0 Å². The SMILES string of the molecule is CCCNc1cc(N2CCC(C(C)C)C2)nc(C2CC2)n1. The molecule has 0 radical (unpaired) electrons. The lowest BCUT2D eigenvalue weighted by atomic mass is 9.95. The Balaban J connectivity index is 1.78. The van der Waals surface area contributed by atoms with Gasteiger partial charge in [0.2, 0.25) is 0 Å². The van der Waals surface area contributed by atoms with E-state index < -0.39 is 0 Å². The van der Waals surface area contributed by atoms with Gasteiger partial charge in [-0.2, -0.15) is 0 Å². The number of hydrogen-bond donors (Lipinski definition) is 1. The molecule has 4 nitrogen and oxygen atoms in total. The summed E-state index contributed by atoms with van der Waals surface area (Å²) in [6.07, 6.45) is 4.92. The first-order chi connectivity index (χ1) is 10.2. The molecule has 1 aliphatic heterocycles. The summed E-state index contributed by atoms with van der Waals surface area (Å²) in [6.45, 7) is 10.1. The van der Waals surface area contributed by atoms with E-state index in [1.807, 2.05) is 0 Å². The molecule has 2 fully saturated rings. The van der Waals surface area contributed by atoms with Crippen LogP contribution in [-0.2, 0) is 0 Å². The van der Waals surface area contributed by atoms with Crippen LogP contribution >= 0.6 is 0 Å². The van der Waals surface area contributed by atoms with E-state index in [1.165, 1.54) is 19.3 Å². The van der Waals surface area contributed by atoms with Gasteiger partial charge in [-0.05, 0) is 37.5 Å². The van der Waals surface area contributed by atoms with E-state index in [-0.39, 0.29) is 0 Å². The summed E-state index contributed by atoms with van der Waals surface area (Å²) >= 11 is 0. The Labute approximate surface area is 128 Å². The quantitative estimate of drug-likeness (QED) is 0.867. The van der Waals surface area contributed by atoms with Crippen molar-refractivity contribution in [2.24, 2.45) is 11.8 Å². The minimum atomic E-state index is 0.607. The topological polar surface area (TPSA) is 41.0 Å². The van der Waals surface area contributed by atoms with Crippen molar-refractivity contribution in [3.05, 3.63) is 11.9 Å². The standard InChI is InChI=1S/C17H28N4/c1-4-8-18-15-10-16(20-17(19-15)13-5-6-13)21-9-7-14(11-21)12(2)3/h10,12-14H,4-9,11H2,1-3H3,(H,18,19,20). The molecule has 0 aromatic carbocycles. The molecule has 2 heterocycles. The Morgan fingerprint density at radius 3 is 2.71 bits per heavy atom. The Kier molecular flexibility index (Phi) is 4.32. The van der Waals surface area contributed by atoms with Gasteiger partial charge in [-0.1, -0.05) is 20.8 Å². The molecule has 1 aromatic rings. The summed E-state index contributed by atoms with van der Waals surface area (Å²) in [4.78, 5) is 12.0. The maximum Gasteiger partial charge on any atom is 0.136 e. The van der Waals surface area contributed by atoms with Crippen LogP contribution in [0.15, 0.2) is 6.07 Å². The van der Waals surface area contributed by atoms with Gasteiger partial charge in [0, 0.05) is 31.6 Å². The zero-order chi connectivity index (χ0) is 14.8. The van der Waals surface area contributed by atoms with Crippen molar-refractivity contribution in [3.8, 4) is 0 Å². The Bertz CT molecular complexity index is 482. The minimum Gasteiger partial charge on any atom is -0.370 e. The molecule has 0 bridgehead atoms. The predicted octanol–water partition coefficient (Wildman–Crippen LogP) is 3.66. The average molecular weight is 288 g/mol. The van der Waals surface area contributed by atoms with E-state index >= 15 is 0 Å². The van der Waals surface area contributed by atoms with Crippen molar-refractivity contribution < 1.29 is 0 Å². The first-order valence-corrected chi connectivity index (χ1v) is 8.55. The van der Waals surface area contributed by atoms with Crippen LogP contribution in [0.2, 0.25) is 0 Å². The molecule has 1 N–H and O–H groups in total. The van der Waals surface area contributed by atoms with E-state index in [4.69, 9.17) is 9.97 Å². The van der Waals surface area contributed by atoms with Gasteiger partial charge in [-0.15, -0.1) is 0 Å². The molecule has 1 saturated heterocycles. The van der Waals surface area contributed by atoms with Crippen LogP contribution in [0.3, 0.4) is 0 Å². The zero-order valence-corrected chi connectivity index (χ0v) is 13.6. The Morgan fingerprint density at radius 2 is 2.10 bits per heavy atom. The van der Waals surface area contributed by atoms with Gasteiger partial charge >= 0.3 is 0 Å². The van der Waals surface area contributed by atoms with Crippen LogP contribution in [0, 0.1) is 11.8 Å². The van der Waals surface area contributed by atoms with E-state index in [1.54, 1.807) is 0 Å². The molecule has 1 aromatic heterocycles. The lowest BCUT2D eigenvalue weighted by Crippen LogP contribution is -2.23. The first-order valence-electron chi connectivity index (χ1n) is 8.55. The van der Waals surface area contributed by atoms with E-state index in [2.05, 4.69) is 37.1 Å². The van der Waals surface area contributed by atoms with Gasteiger partial charge in [0.15, 0.2) is 0 Å². The smallest absolute Gasteiger partial charge is 0.136 e. The molecular weight excluding hydrogens is 260 g/mol. The van der Waals surface area contributed by atoms with Crippen molar-refractivity contribution in [1.29, 1.82) is 0 Å². The van der Waals surface area contributed by atoms with E-state index in [0.29, 0.717) is 5.92 Å². The molecule has 4 heteroatoms. The first kappa shape index (κ1) is 14.6. The monoisotopic (exact) mass is 288 g/mol. The summed E-state index contributed by atoms with van der Waals surface area (Å²) in [7, 11) is 0. The zero-order valence-electron chi connectivity index (χ0n) is 13.6. The van der Waals surface area contributed by atoms with Crippen LogP contribution in [0.5, 0.6) is 0 Å². The van der Waals surface area contributed by atoms with Crippen LogP contribution in [-0.4, -0.2) is 29.6 Å². The van der Waals surface area contributed by atoms with Gasteiger partial charge in [0.25, 0.3) is 0 Å². The van der Waals surface area contributed by atoms with Gasteiger partial charge in [-0.25, -0.2) is 9.97 Å². The molecule has 1 atom stereocenters. The van der Waals surface area contributed by atoms with Gasteiger partial charge in [0.05, 0.1) is 0 Å². The summed E-state index contributed by atoms with van der Waals surface area (Å²) < 4.78 is 0. The lowest BCUT2D eigenvalue weighted by molar-refractivity contribution is 0.422. The molecule has 116 valence electrons. The number of rotatable bonds is 6. The fourth-order valence-corrected chi connectivity index (χ4v) is 3.02. The highest BCUT2D eigenvalue weighted by Gasteiger charge is 2.30. The number of nitrogens with zero attached hydrogens (tertiary/aromatic N) is 3. The van der Waals surface area contributed by atoms with E-state index in [0.717, 1.165) is 55.4 Å². The van der Waals surface area contributed by atoms with Crippen LogP contribution in [0.4, 0.5) is 11.6 Å². The summed E-state index contributed by atoms with van der Waals surface area (Å²) in [5.41, 5.74) is 0. The second kappa shape index (κ2) is 6.20. The predicted molar refractivity (Wildman–Crippen MR) is 87.9 cm³/mol. The highest BCUT2D eigenvalue weighted by molar-refractivity contribution is 5.50. The second-order valence-corrected chi connectivity index (χ2v) is 6.91. The largest absolute Gasteiger partial charge is 0.370 e. The number of anilines is 2. The molecule has 1 saturated carbocycles. The lowest BCUT2D eigenvalue weighted by Gasteiger charge is -2.20. The van der Waals surface area contributed by atoms with Crippen LogP contribution in [0.1, 0.15) is 58.2 Å². The molecule has 0 amide bonds. The van der Waals surface area contributed by atoms with Crippen molar-refractivity contribution in [3.63, 3.8) is 0 Å². The highest BCUT2D eigenvalue weighted by Crippen LogP contribution is 2.39. The number of hydrogen-bond acceptors (Lipinski definition) is 4. The minimum absolute atomic E-state index is 0.607. The van der Waals surface area contributed by atoms with Crippen molar-refractivity contribution >= 4 is 11.6 Å². The van der Waals surface area contributed by atoms with Crippen LogP contribution < -0.4 is 10.2 Å². The van der Waals surface area contributed by atoms with E-state index in [9.17, 15) is 0 Å². The number of aromatic nitrogens is 2. The van der Waals surface area contributed by atoms with Crippen molar-refractivity contribution in [2.45, 2.75) is 52.4 Å². The second-order valence-electron chi connectivity index (χ2n) is 6.91. The maximum atomic E-state index is 4.85. The highest BCUT2D eigenvalue weighted by atomic mass is 15.2. The van der Waals surface area contributed by atoms with Crippen molar-refractivity contribution in [2.75, 3.05) is 29.9 Å². The molecule has 21 heavy (non-hydrogen) atoms. The van der Waals surface area contributed by atoms with Gasteiger partial charge in [0.1, 0.15) is 17.5 Å². The third-order valence-corrected chi connectivity index (χ3v) is 4.72. The Hall–Kier alpha value is -1.32. The summed E-state index contributed by atoms with van der Waals surface area (Å²) in [5, 5.41) is 3.44. The normalized spacial score (nSPS) is 22.1. The average Bonchev–Trinajstić information content (AvgIpc) is 3.21. The third kappa shape index (κ3) is 3.47. The summed E-state index contributed by atoms with van der Waals surface area (Å²) in [6, 6.07) is 2.14. The molecule has 1 aliphatic carbocycles. The Morgan fingerprint density at radius 1 is 1.29 bits per heavy atom. The molecule has 0 spiro atoms.